The second kappa shape index (κ2) is 6.06. The van der Waals surface area contributed by atoms with Crippen molar-refractivity contribution in [3.8, 4) is 0 Å². The van der Waals surface area contributed by atoms with Crippen molar-refractivity contribution in [1.82, 2.24) is 19.9 Å². The van der Waals surface area contributed by atoms with Gasteiger partial charge in [0.1, 0.15) is 12.4 Å². The molecule has 1 aliphatic carbocycles. The van der Waals surface area contributed by atoms with E-state index in [-0.39, 0.29) is 17.9 Å². The molecule has 2 aliphatic rings. The van der Waals surface area contributed by atoms with Crippen LogP contribution in [0.2, 0.25) is 0 Å². The molecule has 0 bridgehead atoms. The second-order valence-corrected chi connectivity index (χ2v) is 7.40. The van der Waals surface area contributed by atoms with Gasteiger partial charge in [-0.15, -0.1) is 5.10 Å². The third-order valence-electron chi connectivity index (χ3n) is 4.94. The molecule has 0 radical (unpaired) electrons. The number of rotatable bonds is 5. The summed E-state index contributed by atoms with van der Waals surface area (Å²) in [4.78, 5) is 14.3. The maximum absolute atomic E-state index is 13.1. The van der Waals surface area contributed by atoms with Gasteiger partial charge in [0.15, 0.2) is 0 Å². The van der Waals surface area contributed by atoms with Crippen LogP contribution in [0.5, 0.6) is 0 Å². The maximum Gasteiger partial charge on any atom is 0.231 e. The monoisotopic (exact) mass is 320 g/mol. The number of alkyl halides is 1. The molecule has 2 atom stereocenters. The van der Waals surface area contributed by atoms with E-state index < -0.39 is 12.1 Å². The van der Waals surface area contributed by atoms with Crippen LogP contribution in [-0.4, -0.2) is 45.6 Å². The van der Waals surface area contributed by atoms with Crippen molar-refractivity contribution in [2.24, 2.45) is 17.3 Å². The van der Waals surface area contributed by atoms with Crippen LogP contribution in [0.25, 0.3) is 6.08 Å². The van der Waals surface area contributed by atoms with E-state index in [1.165, 1.54) is 0 Å². The van der Waals surface area contributed by atoms with Crippen molar-refractivity contribution in [3.63, 3.8) is 0 Å². The number of aromatic nitrogens is 3. The third kappa shape index (κ3) is 3.16. The number of carbonyl (C=O) groups excluding carboxylic acids is 1. The summed E-state index contributed by atoms with van der Waals surface area (Å²) in [6.45, 7) is 7.07. The molecule has 5 nitrogen and oxygen atoms in total. The Morgan fingerprint density at radius 3 is 2.83 bits per heavy atom. The highest BCUT2D eigenvalue weighted by atomic mass is 19.1. The molecule has 1 saturated carbocycles. The smallest absolute Gasteiger partial charge is 0.231 e. The number of nitrogens with zero attached hydrogens (tertiary/aromatic N) is 4. The van der Waals surface area contributed by atoms with Crippen LogP contribution in [0.4, 0.5) is 4.39 Å². The number of allylic oxidation sites excluding steroid dienone is 1. The van der Waals surface area contributed by atoms with Gasteiger partial charge in [-0.25, -0.2) is 9.07 Å². The predicted octanol–water partition coefficient (Wildman–Crippen LogP) is 2.72. The number of hydrogen-bond acceptors (Lipinski definition) is 3. The number of halogens is 1. The van der Waals surface area contributed by atoms with E-state index in [9.17, 15) is 9.18 Å². The van der Waals surface area contributed by atoms with Gasteiger partial charge < -0.3 is 4.90 Å². The Hall–Kier alpha value is -1.72. The molecule has 0 aromatic carbocycles. The molecule has 2 heterocycles. The first-order valence-corrected chi connectivity index (χ1v) is 8.40. The zero-order valence-electron chi connectivity index (χ0n) is 14.1. The summed E-state index contributed by atoms with van der Waals surface area (Å²) in [6, 6.07) is 0.114. The molecular formula is C17H25FN4O. The normalized spacial score (nSPS) is 26.4. The van der Waals surface area contributed by atoms with Crippen molar-refractivity contribution in [2.75, 3.05) is 19.8 Å². The molecule has 126 valence electrons. The van der Waals surface area contributed by atoms with E-state index in [1.807, 2.05) is 21.9 Å². The van der Waals surface area contributed by atoms with Crippen molar-refractivity contribution >= 4 is 12.0 Å². The molecule has 6 heteroatoms. The largest absolute Gasteiger partial charge is 0.340 e. The minimum atomic E-state index is -0.706. The first kappa shape index (κ1) is 16.1. The standard InChI is InChI=1S/C17H25FN4O/c1-12(2)4-5-14-9-22(20-19-14)15-10-21(8-13(15)3)16(23)17(11-18)6-7-17/h4-5,9,12-13,15H,6-8,10-11H2,1-3H3/b5-4+/t13-,15+/m0/s1. The summed E-state index contributed by atoms with van der Waals surface area (Å²) < 4.78 is 15.0. The molecule has 2 fully saturated rings. The highest BCUT2D eigenvalue weighted by Gasteiger charge is 2.53. The topological polar surface area (TPSA) is 51.0 Å². The van der Waals surface area contributed by atoms with Crippen LogP contribution in [-0.2, 0) is 4.79 Å². The van der Waals surface area contributed by atoms with Gasteiger partial charge in [-0.2, -0.15) is 0 Å². The van der Waals surface area contributed by atoms with Gasteiger partial charge in [-0.1, -0.05) is 32.1 Å². The fourth-order valence-corrected chi connectivity index (χ4v) is 3.17. The minimum Gasteiger partial charge on any atom is -0.340 e. The summed E-state index contributed by atoms with van der Waals surface area (Å²) in [5.41, 5.74) is 0.125. The minimum absolute atomic E-state index is 0.0191. The quantitative estimate of drug-likeness (QED) is 0.838. The van der Waals surface area contributed by atoms with E-state index in [1.54, 1.807) is 0 Å². The average molecular weight is 320 g/mol. The van der Waals surface area contributed by atoms with Gasteiger partial charge in [0.05, 0.1) is 17.7 Å². The average Bonchev–Trinajstić information content (AvgIpc) is 3.02. The number of likely N-dealkylation sites (tertiary alicyclic amines) is 1. The highest BCUT2D eigenvalue weighted by molar-refractivity contribution is 5.85. The molecule has 3 rings (SSSR count). The number of amides is 1. The first-order valence-electron chi connectivity index (χ1n) is 8.40. The zero-order chi connectivity index (χ0) is 16.6. The lowest BCUT2D eigenvalue weighted by Crippen LogP contribution is -2.37. The molecule has 0 spiro atoms. The molecule has 1 saturated heterocycles. The summed E-state index contributed by atoms with van der Waals surface area (Å²) >= 11 is 0. The van der Waals surface area contributed by atoms with Crippen LogP contribution in [0.3, 0.4) is 0 Å². The molecule has 1 aromatic heterocycles. The molecular weight excluding hydrogens is 295 g/mol. The van der Waals surface area contributed by atoms with E-state index >= 15 is 0 Å². The number of carbonyl (C=O) groups is 1. The molecule has 1 aliphatic heterocycles. The van der Waals surface area contributed by atoms with Crippen LogP contribution in [0, 0.1) is 17.3 Å². The Morgan fingerprint density at radius 2 is 2.22 bits per heavy atom. The Labute approximate surface area is 136 Å². The second-order valence-electron chi connectivity index (χ2n) is 7.40. The lowest BCUT2D eigenvalue weighted by Gasteiger charge is -2.21. The van der Waals surface area contributed by atoms with Crippen LogP contribution >= 0.6 is 0 Å². The molecule has 0 unspecified atom stereocenters. The van der Waals surface area contributed by atoms with Gasteiger partial charge >= 0.3 is 0 Å². The fourth-order valence-electron chi connectivity index (χ4n) is 3.17. The van der Waals surface area contributed by atoms with Crippen molar-refractivity contribution < 1.29 is 9.18 Å². The van der Waals surface area contributed by atoms with Crippen LogP contribution in [0.1, 0.15) is 45.3 Å². The van der Waals surface area contributed by atoms with Crippen molar-refractivity contribution in [2.45, 2.75) is 39.7 Å². The lowest BCUT2D eigenvalue weighted by atomic mass is 10.1. The molecule has 23 heavy (non-hydrogen) atoms. The maximum atomic E-state index is 13.1. The summed E-state index contributed by atoms with van der Waals surface area (Å²) in [5.74, 6) is 0.737. The van der Waals surface area contributed by atoms with Gasteiger partial charge in [-0.3, -0.25) is 4.79 Å². The SMILES string of the molecule is CC(C)/C=C/c1cn([C@@H]2CN(C(=O)C3(CF)CC3)C[C@@H]2C)nn1. The molecule has 1 aromatic rings. The van der Waals surface area contributed by atoms with Gasteiger partial charge in [0.25, 0.3) is 0 Å². The van der Waals surface area contributed by atoms with E-state index in [2.05, 4.69) is 37.2 Å². The Kier molecular flexibility index (Phi) is 4.25. The van der Waals surface area contributed by atoms with E-state index in [0.29, 0.717) is 31.8 Å². The Balaban J connectivity index is 1.68. The summed E-state index contributed by atoms with van der Waals surface area (Å²) in [5, 5.41) is 8.40. The van der Waals surface area contributed by atoms with Crippen molar-refractivity contribution in [1.29, 1.82) is 0 Å². The van der Waals surface area contributed by atoms with E-state index in [4.69, 9.17) is 0 Å². The summed E-state index contributed by atoms with van der Waals surface area (Å²) in [6.07, 6.45) is 7.35. The highest BCUT2D eigenvalue weighted by Crippen LogP contribution is 2.48. The fraction of sp³-hybridized carbons (Fsp3) is 0.706. The first-order chi connectivity index (χ1) is 10.9. The van der Waals surface area contributed by atoms with Gasteiger partial charge in [0, 0.05) is 13.1 Å². The summed E-state index contributed by atoms with van der Waals surface area (Å²) in [7, 11) is 0. The Bertz CT molecular complexity index is 605. The number of hydrogen-bond donors (Lipinski definition) is 0. The molecule has 0 N–H and O–H groups in total. The van der Waals surface area contributed by atoms with Crippen molar-refractivity contribution in [3.05, 3.63) is 18.0 Å². The van der Waals surface area contributed by atoms with Gasteiger partial charge in [0.2, 0.25) is 5.91 Å². The lowest BCUT2D eigenvalue weighted by molar-refractivity contribution is -0.136. The van der Waals surface area contributed by atoms with E-state index in [0.717, 1.165) is 5.69 Å². The van der Waals surface area contributed by atoms with Crippen LogP contribution in [0.15, 0.2) is 12.3 Å². The zero-order valence-corrected chi connectivity index (χ0v) is 14.1. The van der Waals surface area contributed by atoms with Gasteiger partial charge in [-0.05, 0) is 30.8 Å². The van der Waals surface area contributed by atoms with Crippen LogP contribution < -0.4 is 0 Å². The molecule has 1 amide bonds. The Morgan fingerprint density at radius 1 is 1.48 bits per heavy atom. The predicted molar refractivity (Wildman–Crippen MR) is 86.3 cm³/mol. The third-order valence-corrected chi connectivity index (χ3v) is 4.94.